The van der Waals surface area contributed by atoms with Crippen molar-refractivity contribution in [1.82, 2.24) is 14.4 Å². The summed E-state index contributed by atoms with van der Waals surface area (Å²) >= 11 is 0. The van der Waals surface area contributed by atoms with Crippen molar-refractivity contribution in [1.29, 1.82) is 0 Å². The van der Waals surface area contributed by atoms with Gasteiger partial charge in [-0.2, -0.15) is 0 Å². The number of benzene rings is 2. The lowest BCUT2D eigenvalue weighted by molar-refractivity contribution is -0.111. The summed E-state index contributed by atoms with van der Waals surface area (Å²) in [5.74, 6) is 0.310. The Labute approximate surface area is 240 Å². The number of carbonyl (C=O) groups is 2. The van der Waals surface area contributed by atoms with Crippen LogP contribution < -0.4 is 15.8 Å². The molecule has 8 nitrogen and oxygen atoms in total. The number of fused-ring (bicyclic) bond motifs is 4. The van der Waals surface area contributed by atoms with Gasteiger partial charge in [0, 0.05) is 75.1 Å². The average molecular weight is 552 g/mol. The zero-order valence-corrected chi connectivity index (χ0v) is 23.5. The Morgan fingerprint density at radius 3 is 2.51 bits per heavy atom. The van der Waals surface area contributed by atoms with Crippen LogP contribution in [-0.2, 0) is 11.3 Å². The van der Waals surface area contributed by atoms with E-state index in [2.05, 4.69) is 28.1 Å². The number of piperidine rings is 1. The Bertz CT molecular complexity index is 1510. The molecule has 212 valence electrons. The summed E-state index contributed by atoms with van der Waals surface area (Å²) in [5, 5.41) is 3.08. The lowest BCUT2D eigenvalue weighted by Gasteiger charge is -2.44. The maximum Gasteiger partial charge on any atom is 0.254 e. The molecule has 2 bridgehead atoms. The quantitative estimate of drug-likeness (QED) is 0.471. The largest absolute Gasteiger partial charge is 0.369 e. The number of hydrogen-bond donors (Lipinski definition) is 1. The van der Waals surface area contributed by atoms with Gasteiger partial charge in [0.05, 0.1) is 11.4 Å². The van der Waals surface area contributed by atoms with Crippen molar-refractivity contribution in [2.45, 2.75) is 25.8 Å². The summed E-state index contributed by atoms with van der Waals surface area (Å²) < 4.78 is 1.92. The molecule has 3 aliphatic heterocycles. The van der Waals surface area contributed by atoms with Crippen molar-refractivity contribution in [3.63, 3.8) is 0 Å². The third kappa shape index (κ3) is 5.84. The predicted octanol–water partition coefficient (Wildman–Crippen LogP) is 3.90. The molecule has 4 heterocycles. The van der Waals surface area contributed by atoms with E-state index in [1.807, 2.05) is 64.1 Å². The van der Waals surface area contributed by atoms with Gasteiger partial charge in [0.25, 0.3) is 11.5 Å². The SMILES string of the molecule is CCN1CCN(C(=O)c2ccc(N3CC4CC(C3)c3cccc(=O)n3C4)c(NC(=O)/C=C/c3ccccc3)c2)CC1. The minimum absolute atomic E-state index is 0.00792. The van der Waals surface area contributed by atoms with Gasteiger partial charge >= 0.3 is 0 Å². The molecular formula is C33H37N5O3. The maximum atomic E-state index is 13.5. The molecule has 2 aromatic carbocycles. The average Bonchev–Trinajstić information content (AvgIpc) is 3.00. The molecule has 2 atom stereocenters. The molecule has 6 rings (SSSR count). The van der Waals surface area contributed by atoms with Crippen LogP contribution in [0.1, 0.15) is 40.9 Å². The highest BCUT2D eigenvalue weighted by Gasteiger charge is 2.35. The van der Waals surface area contributed by atoms with Crippen LogP contribution in [-0.4, -0.2) is 72.0 Å². The molecule has 1 aromatic heterocycles. The van der Waals surface area contributed by atoms with E-state index in [1.165, 1.54) is 6.08 Å². The molecule has 3 aromatic rings. The van der Waals surface area contributed by atoms with E-state index in [4.69, 9.17) is 0 Å². The molecule has 41 heavy (non-hydrogen) atoms. The number of rotatable bonds is 6. The van der Waals surface area contributed by atoms with Crippen molar-refractivity contribution in [2.24, 2.45) is 5.92 Å². The molecule has 2 fully saturated rings. The van der Waals surface area contributed by atoms with Crippen molar-refractivity contribution in [3.05, 3.63) is 100.0 Å². The molecule has 3 aliphatic rings. The fraction of sp³-hybridized carbons (Fsp3) is 0.364. The van der Waals surface area contributed by atoms with Crippen LogP contribution >= 0.6 is 0 Å². The van der Waals surface area contributed by atoms with E-state index in [0.29, 0.717) is 36.8 Å². The fourth-order valence-corrected chi connectivity index (χ4v) is 6.50. The summed E-state index contributed by atoms with van der Waals surface area (Å²) in [5.41, 5.74) is 4.20. The Kier molecular flexibility index (Phi) is 7.74. The summed E-state index contributed by atoms with van der Waals surface area (Å²) in [6.45, 7) is 8.49. The molecule has 2 unspecified atom stereocenters. The lowest BCUT2D eigenvalue weighted by atomic mass is 9.83. The first-order chi connectivity index (χ1) is 20.0. The second kappa shape index (κ2) is 11.7. The molecular weight excluding hydrogens is 514 g/mol. The highest BCUT2D eigenvalue weighted by molar-refractivity contribution is 6.05. The van der Waals surface area contributed by atoms with Crippen LogP contribution in [0.2, 0.25) is 0 Å². The van der Waals surface area contributed by atoms with Gasteiger partial charge in [-0.05, 0) is 54.8 Å². The third-order valence-corrected chi connectivity index (χ3v) is 8.66. The van der Waals surface area contributed by atoms with E-state index in [-0.39, 0.29) is 23.3 Å². The third-order valence-electron chi connectivity index (χ3n) is 8.66. The normalized spacial score (nSPS) is 20.6. The highest BCUT2D eigenvalue weighted by Crippen LogP contribution is 2.39. The van der Waals surface area contributed by atoms with Crippen molar-refractivity contribution in [3.8, 4) is 0 Å². The number of nitrogens with one attached hydrogen (secondary N) is 1. The maximum absolute atomic E-state index is 13.5. The van der Waals surface area contributed by atoms with E-state index in [1.54, 1.807) is 12.1 Å². The minimum atomic E-state index is -0.245. The monoisotopic (exact) mass is 551 g/mol. The summed E-state index contributed by atoms with van der Waals surface area (Å²) in [6, 6.07) is 20.9. The highest BCUT2D eigenvalue weighted by atomic mass is 16.2. The Balaban J connectivity index is 1.28. The van der Waals surface area contributed by atoms with E-state index in [0.717, 1.165) is 56.1 Å². The lowest BCUT2D eigenvalue weighted by Crippen LogP contribution is -2.48. The zero-order chi connectivity index (χ0) is 28.3. The van der Waals surface area contributed by atoms with Crippen LogP contribution in [0.15, 0.2) is 77.6 Å². The Morgan fingerprint density at radius 2 is 1.73 bits per heavy atom. The second-order valence-electron chi connectivity index (χ2n) is 11.3. The molecule has 0 radical (unpaired) electrons. The number of carbonyl (C=O) groups excluding carboxylic acids is 2. The van der Waals surface area contributed by atoms with Crippen LogP contribution in [0.3, 0.4) is 0 Å². The molecule has 8 heteroatoms. The molecule has 0 saturated carbocycles. The molecule has 2 amide bonds. The molecule has 0 spiro atoms. The summed E-state index contributed by atoms with van der Waals surface area (Å²) in [6.07, 6.45) is 4.37. The van der Waals surface area contributed by atoms with Crippen LogP contribution in [0, 0.1) is 5.92 Å². The predicted molar refractivity (Wildman–Crippen MR) is 162 cm³/mol. The molecule has 0 aliphatic carbocycles. The second-order valence-corrected chi connectivity index (χ2v) is 11.3. The van der Waals surface area contributed by atoms with E-state index >= 15 is 0 Å². The van der Waals surface area contributed by atoms with E-state index < -0.39 is 0 Å². The number of anilines is 2. The standard InChI is InChI=1S/C33H37N5O3/c1-2-35-15-17-36(18-16-35)33(41)26-12-13-30(28(20-26)34-31(39)14-11-24-7-4-3-5-8-24)37-21-25-19-27(23-37)29-9-6-10-32(40)38(29)22-25/h3-14,20,25,27H,2,15-19,21-23H2,1H3,(H,34,39)/b14-11+. The number of piperazine rings is 1. The molecule has 1 N–H and O–H groups in total. The number of likely N-dealkylation sites (N-methyl/N-ethyl adjacent to an activating group) is 1. The number of nitrogens with zero attached hydrogens (tertiary/aromatic N) is 4. The zero-order valence-electron chi connectivity index (χ0n) is 23.5. The topological polar surface area (TPSA) is 77.9 Å². The van der Waals surface area contributed by atoms with Gasteiger partial charge in [0.2, 0.25) is 5.91 Å². The summed E-state index contributed by atoms with van der Waals surface area (Å²) in [7, 11) is 0. The minimum Gasteiger partial charge on any atom is -0.369 e. The Hall–Kier alpha value is -4.17. The van der Waals surface area contributed by atoms with Gasteiger partial charge in [0.15, 0.2) is 0 Å². The van der Waals surface area contributed by atoms with Crippen LogP contribution in [0.4, 0.5) is 11.4 Å². The van der Waals surface area contributed by atoms with Gasteiger partial charge in [-0.25, -0.2) is 0 Å². The van der Waals surface area contributed by atoms with Gasteiger partial charge < -0.3 is 24.6 Å². The van der Waals surface area contributed by atoms with Crippen molar-refractivity contribution >= 4 is 29.3 Å². The van der Waals surface area contributed by atoms with Gasteiger partial charge in [0.1, 0.15) is 0 Å². The first kappa shape index (κ1) is 27.0. The smallest absolute Gasteiger partial charge is 0.254 e. The van der Waals surface area contributed by atoms with Gasteiger partial charge in [-0.15, -0.1) is 0 Å². The van der Waals surface area contributed by atoms with Gasteiger partial charge in [-0.3, -0.25) is 14.4 Å². The number of hydrogen-bond acceptors (Lipinski definition) is 5. The number of pyridine rings is 1. The van der Waals surface area contributed by atoms with Crippen molar-refractivity contribution in [2.75, 3.05) is 56.0 Å². The Morgan fingerprint density at radius 1 is 0.927 bits per heavy atom. The van der Waals surface area contributed by atoms with Crippen LogP contribution in [0.5, 0.6) is 0 Å². The van der Waals surface area contributed by atoms with Gasteiger partial charge in [-0.1, -0.05) is 43.3 Å². The first-order valence-corrected chi connectivity index (χ1v) is 14.6. The summed E-state index contributed by atoms with van der Waals surface area (Å²) in [4.78, 5) is 45.7. The van der Waals surface area contributed by atoms with E-state index in [9.17, 15) is 14.4 Å². The van der Waals surface area contributed by atoms with Crippen molar-refractivity contribution < 1.29 is 9.59 Å². The molecule has 2 saturated heterocycles. The van der Waals surface area contributed by atoms with Crippen LogP contribution in [0.25, 0.3) is 6.08 Å². The first-order valence-electron chi connectivity index (χ1n) is 14.6. The number of aromatic nitrogens is 1. The number of amides is 2. The fourth-order valence-electron chi connectivity index (χ4n) is 6.50.